The third-order valence-electron chi connectivity index (χ3n) is 8.85. The van der Waals surface area contributed by atoms with Crippen molar-refractivity contribution in [3.05, 3.63) is 57.6 Å². The summed E-state index contributed by atoms with van der Waals surface area (Å²) in [5.41, 5.74) is 0.157. The highest BCUT2D eigenvalue weighted by molar-refractivity contribution is 9.10. The van der Waals surface area contributed by atoms with Crippen molar-refractivity contribution < 1.29 is 37.4 Å². The number of benzene rings is 2. The Kier molecular flexibility index (Phi) is 6.69. The minimum atomic E-state index is -3.17. The highest BCUT2D eigenvalue weighted by Gasteiger charge is 2.57. The summed E-state index contributed by atoms with van der Waals surface area (Å²) in [6.07, 6.45) is 1.58. The van der Waals surface area contributed by atoms with Crippen LogP contribution < -0.4 is 5.32 Å². The molecule has 3 atom stereocenters. The number of likely N-dealkylation sites (tertiary alicyclic amines) is 1. The van der Waals surface area contributed by atoms with Crippen LogP contribution in [0.5, 0.6) is 0 Å². The van der Waals surface area contributed by atoms with Crippen molar-refractivity contribution in [3.8, 4) is 11.1 Å². The summed E-state index contributed by atoms with van der Waals surface area (Å²) in [6.45, 7) is 4.09. The van der Waals surface area contributed by atoms with Crippen LogP contribution in [0.1, 0.15) is 49.8 Å². The summed E-state index contributed by atoms with van der Waals surface area (Å²) in [6, 6.07) is 8.03. The molecule has 11 heteroatoms. The summed E-state index contributed by atoms with van der Waals surface area (Å²) in [5.74, 6) is -4.34. The Balaban J connectivity index is 1.19. The van der Waals surface area contributed by atoms with Crippen molar-refractivity contribution in [2.75, 3.05) is 26.9 Å². The predicted molar refractivity (Wildman–Crippen MR) is 147 cm³/mol. The molecule has 1 spiro atoms. The predicted octanol–water partition coefficient (Wildman–Crippen LogP) is 5.10. The highest BCUT2D eigenvalue weighted by Crippen LogP contribution is 2.56. The zero-order valence-corrected chi connectivity index (χ0v) is 24.6. The Morgan fingerprint density at radius 3 is 2.39 bits per heavy atom. The maximum Gasteiger partial charge on any atom is 0.407 e. The molecule has 4 aliphatic rings. The van der Waals surface area contributed by atoms with E-state index in [4.69, 9.17) is 9.47 Å². The Hall–Kier alpha value is -3.05. The second-order valence-electron chi connectivity index (χ2n) is 12.0. The van der Waals surface area contributed by atoms with E-state index in [2.05, 4.69) is 26.0 Å². The average Bonchev–Trinajstić information content (AvgIpc) is 3.85. The number of carbonyl (C=O) groups is 3. The number of rotatable bonds is 7. The van der Waals surface area contributed by atoms with Crippen LogP contribution in [0, 0.1) is 11.3 Å². The number of esters is 1. The van der Waals surface area contributed by atoms with Gasteiger partial charge in [0.1, 0.15) is 18.7 Å². The summed E-state index contributed by atoms with van der Waals surface area (Å²) in [4.78, 5) is 40.4. The minimum absolute atomic E-state index is 0.0578. The van der Waals surface area contributed by atoms with Gasteiger partial charge in [0.15, 0.2) is 5.60 Å². The van der Waals surface area contributed by atoms with E-state index in [1.54, 1.807) is 38.1 Å². The highest BCUT2D eigenvalue weighted by atomic mass is 79.9. The molecule has 0 aromatic heterocycles. The number of hydrogen-bond donors (Lipinski definition) is 1. The number of fused-ring (bicyclic) bond motifs is 3. The van der Waals surface area contributed by atoms with Crippen molar-refractivity contribution in [3.63, 3.8) is 0 Å². The van der Waals surface area contributed by atoms with E-state index in [-0.39, 0.29) is 41.6 Å². The first-order chi connectivity index (χ1) is 19.4. The topological polar surface area (TPSA) is 97.5 Å². The van der Waals surface area contributed by atoms with Crippen LogP contribution in [-0.4, -0.2) is 61.8 Å². The lowest BCUT2D eigenvalue weighted by atomic mass is 9.95. The van der Waals surface area contributed by atoms with Crippen LogP contribution in [-0.2, 0) is 35.3 Å². The Morgan fingerprint density at radius 1 is 1.12 bits per heavy atom. The lowest BCUT2D eigenvalue weighted by Gasteiger charge is -2.30. The number of nitrogens with zero attached hydrogens (tertiary/aromatic N) is 1. The van der Waals surface area contributed by atoms with Crippen molar-refractivity contribution >= 4 is 33.9 Å². The lowest BCUT2D eigenvalue weighted by molar-refractivity contribution is -0.155. The molecule has 2 aromatic carbocycles. The van der Waals surface area contributed by atoms with Gasteiger partial charge in [-0.05, 0) is 65.5 Å². The molecule has 1 unspecified atom stereocenters. The summed E-state index contributed by atoms with van der Waals surface area (Å²) < 4.78 is 47.5. The molecule has 0 bridgehead atoms. The molecule has 2 aliphatic heterocycles. The molecule has 8 nitrogen and oxygen atoms in total. The van der Waals surface area contributed by atoms with E-state index < -0.39 is 35.7 Å². The molecule has 6 rings (SSSR count). The van der Waals surface area contributed by atoms with Crippen LogP contribution in [0.25, 0.3) is 11.1 Å². The maximum atomic E-state index is 15.4. The van der Waals surface area contributed by atoms with E-state index in [1.807, 2.05) is 0 Å². The zero-order chi connectivity index (χ0) is 29.3. The molecule has 3 fully saturated rings. The van der Waals surface area contributed by atoms with E-state index in [0.29, 0.717) is 34.1 Å². The van der Waals surface area contributed by atoms with E-state index in [0.717, 1.165) is 12.8 Å². The Bertz CT molecular complexity index is 1440. The number of nitrogens with one attached hydrogen (secondary N) is 1. The summed E-state index contributed by atoms with van der Waals surface area (Å²) in [5, 5.41) is 2.59. The first kappa shape index (κ1) is 28.1. The van der Waals surface area contributed by atoms with Crippen LogP contribution in [0.3, 0.4) is 0 Å². The molecular weight excluding hydrogens is 602 g/mol. The quantitative estimate of drug-likeness (QED) is 0.337. The van der Waals surface area contributed by atoms with Gasteiger partial charge in [0.05, 0.1) is 13.7 Å². The van der Waals surface area contributed by atoms with Crippen molar-refractivity contribution in [1.82, 2.24) is 10.2 Å². The number of halogens is 3. The second kappa shape index (κ2) is 9.76. The lowest BCUT2D eigenvalue weighted by Crippen LogP contribution is -2.54. The fourth-order valence-electron chi connectivity index (χ4n) is 6.10. The van der Waals surface area contributed by atoms with Gasteiger partial charge in [-0.2, -0.15) is 8.78 Å². The van der Waals surface area contributed by atoms with Gasteiger partial charge in [0.25, 0.3) is 5.92 Å². The van der Waals surface area contributed by atoms with Crippen molar-refractivity contribution in [2.45, 2.75) is 56.7 Å². The Morgan fingerprint density at radius 2 is 1.78 bits per heavy atom. The van der Waals surface area contributed by atoms with E-state index >= 15 is 8.78 Å². The third kappa shape index (κ3) is 4.80. The SMILES string of the molecule is COC(=O)N[C@H](C(=O)N1CC2(CC2)C[C@H]1C(=O)OCC1(c2ccc3c(c2)C(F)(F)c2cc(Br)ccc2-3)CO1)C(C)C. The number of epoxide rings is 1. The van der Waals surface area contributed by atoms with Crippen molar-refractivity contribution in [2.24, 2.45) is 11.3 Å². The van der Waals surface area contributed by atoms with E-state index in [1.165, 1.54) is 24.1 Å². The number of methoxy groups -OCH3 is 1. The molecule has 1 saturated carbocycles. The number of hydrogen-bond acceptors (Lipinski definition) is 6. The molecule has 2 saturated heterocycles. The standard InChI is InChI=1S/C30H31BrF2N2O6/c1-16(2)24(34-27(38)39-3)25(36)35-13-28(8-9-28)12-23(35)26(37)40-14-29(15-41-29)17-4-6-19-20-7-5-18(31)11-22(20)30(32,33)21(19)10-17/h4-7,10-11,16,23-24H,8-9,12-15H2,1-3H3,(H,34,38)/t23-,24-,29?/m0/s1. The average molecular weight is 633 g/mol. The summed E-state index contributed by atoms with van der Waals surface area (Å²) >= 11 is 3.28. The Labute approximate surface area is 244 Å². The fraction of sp³-hybridized carbons (Fsp3) is 0.500. The third-order valence-corrected chi connectivity index (χ3v) is 9.34. The van der Waals surface area contributed by atoms with Gasteiger partial charge < -0.3 is 24.4 Å². The largest absolute Gasteiger partial charge is 0.461 e. The molecule has 1 N–H and O–H groups in total. The normalized spacial score (nSPS) is 25.0. The summed E-state index contributed by atoms with van der Waals surface area (Å²) in [7, 11) is 1.22. The fourth-order valence-corrected chi connectivity index (χ4v) is 6.46. The van der Waals surface area contributed by atoms with Gasteiger partial charge in [-0.1, -0.05) is 48.0 Å². The van der Waals surface area contributed by atoms with Gasteiger partial charge in [-0.3, -0.25) is 4.79 Å². The van der Waals surface area contributed by atoms with Crippen LogP contribution in [0.4, 0.5) is 13.6 Å². The van der Waals surface area contributed by atoms with Gasteiger partial charge >= 0.3 is 12.1 Å². The second-order valence-corrected chi connectivity index (χ2v) is 12.9. The molecule has 218 valence electrons. The zero-order valence-electron chi connectivity index (χ0n) is 23.0. The monoisotopic (exact) mass is 632 g/mol. The molecule has 2 aromatic rings. The molecular formula is C30H31BrF2N2O6. The van der Waals surface area contributed by atoms with Gasteiger partial charge in [0.2, 0.25) is 5.91 Å². The number of amides is 2. The number of ether oxygens (including phenoxy) is 3. The number of carbonyl (C=O) groups excluding carboxylic acids is 3. The van der Waals surface area contributed by atoms with Crippen molar-refractivity contribution in [1.29, 1.82) is 0 Å². The number of alkyl halides is 2. The van der Waals surface area contributed by atoms with Gasteiger partial charge in [0, 0.05) is 22.1 Å². The van der Waals surface area contributed by atoms with Gasteiger partial charge in [-0.25, -0.2) is 9.59 Å². The van der Waals surface area contributed by atoms with Gasteiger partial charge in [-0.15, -0.1) is 0 Å². The van der Waals surface area contributed by atoms with Crippen LogP contribution in [0.2, 0.25) is 0 Å². The molecule has 2 heterocycles. The first-order valence-corrected chi connectivity index (χ1v) is 14.5. The number of alkyl carbamates (subject to hydrolysis) is 1. The minimum Gasteiger partial charge on any atom is -0.461 e. The van der Waals surface area contributed by atoms with Crippen LogP contribution in [0.15, 0.2) is 40.9 Å². The smallest absolute Gasteiger partial charge is 0.407 e. The molecule has 2 amide bonds. The maximum absolute atomic E-state index is 15.4. The van der Waals surface area contributed by atoms with E-state index in [9.17, 15) is 14.4 Å². The first-order valence-electron chi connectivity index (χ1n) is 13.7. The molecule has 0 radical (unpaired) electrons. The molecule has 2 aliphatic carbocycles. The molecule has 41 heavy (non-hydrogen) atoms. The van der Waals surface area contributed by atoms with Crippen LogP contribution >= 0.6 is 15.9 Å².